The smallest absolute Gasteiger partial charge is 0.423 e. The second-order valence-electron chi connectivity index (χ2n) is 6.44. The van der Waals surface area contributed by atoms with Crippen LogP contribution < -0.4 is 5.46 Å². The first-order valence-corrected chi connectivity index (χ1v) is 6.47. The molecule has 0 fully saturated rings. The van der Waals surface area contributed by atoms with Crippen molar-refractivity contribution in [3.05, 3.63) is 18.2 Å². The van der Waals surface area contributed by atoms with Crippen LogP contribution in [0.5, 0.6) is 0 Å². The van der Waals surface area contributed by atoms with Crippen LogP contribution in [0.1, 0.15) is 47.4 Å². The van der Waals surface area contributed by atoms with Gasteiger partial charge in [0.2, 0.25) is 0 Å². The van der Waals surface area contributed by atoms with Crippen molar-refractivity contribution in [3.8, 4) is 0 Å². The Morgan fingerprint density at radius 3 is 1.80 bits per heavy atom. The van der Waals surface area contributed by atoms with Gasteiger partial charge in [-0.2, -0.15) is 0 Å². The zero-order chi connectivity index (χ0) is 15.8. The molecule has 1 rings (SSSR count). The van der Waals surface area contributed by atoms with Gasteiger partial charge < -0.3 is 19.9 Å². The standard InChI is InChI=1S/C13H23BN2O4/c1-11(2,17)10-15-7-9(8-16-10)14(19)20-13(5,6)12(3,4)18/h7-8,17-19H,1-6H3. The molecule has 3 N–H and O–H groups in total. The lowest BCUT2D eigenvalue weighted by molar-refractivity contribution is -0.0982. The van der Waals surface area contributed by atoms with Gasteiger partial charge in [0, 0.05) is 17.9 Å². The van der Waals surface area contributed by atoms with Crippen LogP contribution in [0.2, 0.25) is 0 Å². The van der Waals surface area contributed by atoms with Crippen LogP contribution in [0.4, 0.5) is 0 Å². The first-order valence-electron chi connectivity index (χ1n) is 6.47. The van der Waals surface area contributed by atoms with Crippen LogP contribution in [0, 0.1) is 0 Å². The van der Waals surface area contributed by atoms with Gasteiger partial charge in [-0.25, -0.2) is 9.97 Å². The Bertz CT molecular complexity index is 449. The molecule has 0 aliphatic carbocycles. The minimum atomic E-state index is -1.26. The molecule has 0 saturated heterocycles. The maximum Gasteiger partial charge on any atom is 0.494 e. The predicted octanol–water partition coefficient (Wildman–Crippen LogP) is -0.0424. The van der Waals surface area contributed by atoms with E-state index in [2.05, 4.69) is 9.97 Å². The normalized spacial score (nSPS) is 13.4. The average Bonchev–Trinajstić information content (AvgIpc) is 2.26. The quantitative estimate of drug-likeness (QED) is 0.656. The molecule has 1 heterocycles. The summed E-state index contributed by atoms with van der Waals surface area (Å²) in [6, 6.07) is 0. The minimum absolute atomic E-state index is 0.259. The van der Waals surface area contributed by atoms with Crippen LogP contribution >= 0.6 is 0 Å². The summed E-state index contributed by atoms with van der Waals surface area (Å²) in [7, 11) is -1.26. The summed E-state index contributed by atoms with van der Waals surface area (Å²) >= 11 is 0. The molecule has 0 radical (unpaired) electrons. The monoisotopic (exact) mass is 282 g/mol. The van der Waals surface area contributed by atoms with E-state index in [0.717, 1.165) is 0 Å². The van der Waals surface area contributed by atoms with Crippen molar-refractivity contribution in [2.75, 3.05) is 0 Å². The fraction of sp³-hybridized carbons (Fsp3) is 0.692. The van der Waals surface area contributed by atoms with E-state index in [1.54, 1.807) is 41.5 Å². The summed E-state index contributed by atoms with van der Waals surface area (Å²) < 4.78 is 5.48. The topological polar surface area (TPSA) is 95.7 Å². The van der Waals surface area contributed by atoms with Gasteiger partial charge in [0.25, 0.3) is 0 Å². The third kappa shape index (κ3) is 3.99. The summed E-state index contributed by atoms with van der Waals surface area (Å²) in [5.41, 5.74) is -2.87. The van der Waals surface area contributed by atoms with E-state index in [0.29, 0.717) is 5.46 Å². The molecule has 0 spiro atoms. The lowest BCUT2D eigenvalue weighted by atomic mass is 9.78. The maximum atomic E-state index is 10.0. The zero-order valence-electron chi connectivity index (χ0n) is 12.9. The lowest BCUT2D eigenvalue weighted by Gasteiger charge is -2.38. The molecular weight excluding hydrogens is 259 g/mol. The van der Waals surface area contributed by atoms with Crippen molar-refractivity contribution in [1.82, 2.24) is 9.97 Å². The molecule has 0 aliphatic heterocycles. The molecule has 0 aromatic carbocycles. The van der Waals surface area contributed by atoms with Gasteiger partial charge in [-0.15, -0.1) is 0 Å². The van der Waals surface area contributed by atoms with E-state index in [9.17, 15) is 15.2 Å². The van der Waals surface area contributed by atoms with Crippen LogP contribution in [0.3, 0.4) is 0 Å². The van der Waals surface area contributed by atoms with Crippen molar-refractivity contribution < 1.29 is 19.9 Å². The maximum absolute atomic E-state index is 10.0. The lowest BCUT2D eigenvalue weighted by Crippen LogP contribution is -2.53. The van der Waals surface area contributed by atoms with Crippen molar-refractivity contribution in [2.24, 2.45) is 0 Å². The van der Waals surface area contributed by atoms with E-state index in [-0.39, 0.29) is 5.82 Å². The van der Waals surface area contributed by atoms with E-state index >= 15 is 0 Å². The van der Waals surface area contributed by atoms with E-state index in [1.807, 2.05) is 0 Å². The van der Waals surface area contributed by atoms with Gasteiger partial charge in [0.1, 0.15) is 5.60 Å². The number of aromatic nitrogens is 2. The number of nitrogens with zero attached hydrogens (tertiary/aromatic N) is 2. The Hall–Kier alpha value is -1.02. The molecule has 0 amide bonds. The molecular formula is C13H23BN2O4. The van der Waals surface area contributed by atoms with Crippen molar-refractivity contribution in [3.63, 3.8) is 0 Å². The highest BCUT2D eigenvalue weighted by Gasteiger charge is 2.39. The highest BCUT2D eigenvalue weighted by molar-refractivity contribution is 6.59. The fourth-order valence-corrected chi connectivity index (χ4v) is 1.27. The van der Waals surface area contributed by atoms with E-state index in [4.69, 9.17) is 4.65 Å². The second-order valence-corrected chi connectivity index (χ2v) is 6.44. The molecule has 0 aliphatic rings. The molecule has 0 unspecified atom stereocenters. The number of aliphatic hydroxyl groups is 2. The summed E-state index contributed by atoms with van der Waals surface area (Å²) in [6.07, 6.45) is 2.79. The van der Waals surface area contributed by atoms with Gasteiger partial charge >= 0.3 is 7.12 Å². The first kappa shape index (κ1) is 17.0. The minimum Gasteiger partial charge on any atom is -0.423 e. The summed E-state index contributed by atoms with van der Waals surface area (Å²) in [5.74, 6) is 0.259. The Balaban J connectivity index is 2.87. The third-order valence-electron chi connectivity index (χ3n) is 3.38. The van der Waals surface area contributed by atoms with Gasteiger partial charge in [-0.05, 0) is 41.5 Å². The molecule has 7 heteroatoms. The fourth-order valence-electron chi connectivity index (χ4n) is 1.27. The van der Waals surface area contributed by atoms with Crippen molar-refractivity contribution >= 4 is 12.6 Å². The van der Waals surface area contributed by atoms with Crippen LogP contribution in [-0.4, -0.2) is 43.5 Å². The van der Waals surface area contributed by atoms with Crippen LogP contribution in [0.25, 0.3) is 0 Å². The number of rotatable bonds is 5. The SMILES string of the molecule is CC(C)(O)c1ncc(B(O)OC(C)(C)C(C)(C)O)cn1. The molecule has 20 heavy (non-hydrogen) atoms. The predicted molar refractivity (Wildman–Crippen MR) is 76.3 cm³/mol. The third-order valence-corrected chi connectivity index (χ3v) is 3.38. The van der Waals surface area contributed by atoms with E-state index < -0.39 is 23.9 Å². The average molecular weight is 282 g/mol. The Morgan fingerprint density at radius 2 is 1.45 bits per heavy atom. The largest absolute Gasteiger partial charge is 0.494 e. The Kier molecular flexibility index (Phi) is 4.60. The van der Waals surface area contributed by atoms with Gasteiger partial charge in [0.15, 0.2) is 5.82 Å². The molecule has 6 nitrogen and oxygen atoms in total. The van der Waals surface area contributed by atoms with Crippen LogP contribution in [-0.2, 0) is 10.3 Å². The number of hydrogen-bond donors (Lipinski definition) is 3. The second kappa shape index (κ2) is 5.40. The molecule has 0 atom stereocenters. The molecule has 112 valence electrons. The summed E-state index contributed by atoms with van der Waals surface area (Å²) in [6.45, 7) is 9.73. The Morgan fingerprint density at radius 1 is 1.00 bits per heavy atom. The molecule has 1 aromatic heterocycles. The summed E-state index contributed by atoms with van der Waals surface area (Å²) in [4.78, 5) is 8.00. The van der Waals surface area contributed by atoms with Crippen molar-refractivity contribution in [1.29, 1.82) is 0 Å². The highest BCUT2D eigenvalue weighted by Crippen LogP contribution is 2.25. The zero-order valence-corrected chi connectivity index (χ0v) is 12.9. The highest BCUT2D eigenvalue weighted by atomic mass is 16.5. The van der Waals surface area contributed by atoms with Gasteiger partial charge in [0.05, 0.1) is 11.2 Å². The summed E-state index contributed by atoms with van der Waals surface area (Å²) in [5, 5.41) is 29.8. The molecule has 0 saturated carbocycles. The first-order chi connectivity index (χ1) is 8.84. The Labute approximate surface area is 120 Å². The van der Waals surface area contributed by atoms with E-state index in [1.165, 1.54) is 12.4 Å². The molecule has 0 bridgehead atoms. The van der Waals surface area contributed by atoms with Gasteiger partial charge in [-0.3, -0.25) is 0 Å². The van der Waals surface area contributed by atoms with Gasteiger partial charge in [-0.1, -0.05) is 0 Å². The van der Waals surface area contributed by atoms with Crippen LogP contribution in [0.15, 0.2) is 12.4 Å². The van der Waals surface area contributed by atoms with Crippen molar-refractivity contribution in [2.45, 2.75) is 58.3 Å². The molecule has 1 aromatic rings. The number of hydrogen-bond acceptors (Lipinski definition) is 6.